The van der Waals surface area contributed by atoms with Crippen LogP contribution in [-0.4, -0.2) is 21.0 Å². The highest BCUT2D eigenvalue weighted by Gasteiger charge is 2.07. The van der Waals surface area contributed by atoms with Crippen LogP contribution in [0.3, 0.4) is 0 Å². The van der Waals surface area contributed by atoms with E-state index in [1.165, 1.54) is 6.07 Å². The van der Waals surface area contributed by atoms with E-state index in [4.69, 9.17) is 5.11 Å². The highest BCUT2D eigenvalue weighted by atomic mass is 79.9. The average molecular weight is 241 g/mol. The zero-order valence-electron chi connectivity index (χ0n) is 6.41. The lowest BCUT2D eigenvalue weighted by Gasteiger charge is -1.93. The van der Waals surface area contributed by atoms with Crippen molar-refractivity contribution in [3.8, 4) is 0 Å². The van der Waals surface area contributed by atoms with Gasteiger partial charge in [-0.1, -0.05) is 0 Å². The number of aromatic carboxylic acids is 1. The van der Waals surface area contributed by atoms with Crippen LogP contribution in [-0.2, 0) is 0 Å². The first-order valence-electron chi connectivity index (χ1n) is 3.55. The highest BCUT2D eigenvalue weighted by molar-refractivity contribution is 9.10. The molecule has 2 aromatic heterocycles. The molecule has 0 saturated carbocycles. The van der Waals surface area contributed by atoms with Gasteiger partial charge in [-0.05, 0) is 28.1 Å². The van der Waals surface area contributed by atoms with Gasteiger partial charge in [-0.2, -0.15) is 0 Å². The molecule has 0 amide bonds. The van der Waals surface area contributed by atoms with Crippen molar-refractivity contribution in [2.45, 2.75) is 0 Å². The molecule has 0 bridgehead atoms. The summed E-state index contributed by atoms with van der Waals surface area (Å²) in [4.78, 5) is 17.5. The molecule has 0 atom stereocenters. The maximum atomic E-state index is 10.6. The molecule has 0 aliphatic rings. The van der Waals surface area contributed by atoms with Gasteiger partial charge >= 0.3 is 5.97 Å². The molecule has 0 fully saturated rings. The maximum Gasteiger partial charge on any atom is 0.354 e. The fourth-order valence-corrected chi connectivity index (χ4v) is 1.50. The summed E-state index contributed by atoms with van der Waals surface area (Å²) in [6.45, 7) is 0. The largest absolute Gasteiger partial charge is 0.477 e. The van der Waals surface area contributed by atoms with Crippen molar-refractivity contribution in [1.82, 2.24) is 9.97 Å². The first-order chi connectivity index (χ1) is 6.18. The lowest BCUT2D eigenvalue weighted by Crippen LogP contribution is -1.99. The third-order valence-corrected chi connectivity index (χ3v) is 2.30. The van der Waals surface area contributed by atoms with Crippen molar-refractivity contribution < 1.29 is 9.90 Å². The van der Waals surface area contributed by atoms with Gasteiger partial charge in [0.05, 0.1) is 9.99 Å². The van der Waals surface area contributed by atoms with Crippen LogP contribution in [0.15, 0.2) is 22.8 Å². The van der Waals surface area contributed by atoms with Gasteiger partial charge in [-0.3, -0.25) is 0 Å². The van der Waals surface area contributed by atoms with E-state index in [0.29, 0.717) is 5.52 Å². The first-order valence-corrected chi connectivity index (χ1v) is 4.34. The number of hydrogen-bond acceptors (Lipinski definition) is 2. The summed E-state index contributed by atoms with van der Waals surface area (Å²) in [7, 11) is 0. The zero-order valence-corrected chi connectivity index (χ0v) is 8.00. The van der Waals surface area contributed by atoms with Gasteiger partial charge in [-0.25, -0.2) is 9.78 Å². The molecule has 2 N–H and O–H groups in total. The minimum atomic E-state index is -1.02. The van der Waals surface area contributed by atoms with E-state index in [0.717, 1.165) is 9.99 Å². The van der Waals surface area contributed by atoms with Crippen molar-refractivity contribution in [1.29, 1.82) is 0 Å². The van der Waals surface area contributed by atoms with E-state index in [1.807, 2.05) is 0 Å². The molecule has 2 aromatic rings. The van der Waals surface area contributed by atoms with Crippen LogP contribution in [0.2, 0.25) is 0 Å². The molecule has 2 rings (SSSR count). The number of carbonyl (C=O) groups is 1. The Morgan fingerprint density at radius 1 is 1.54 bits per heavy atom. The number of aromatic amines is 1. The van der Waals surface area contributed by atoms with Gasteiger partial charge in [0.1, 0.15) is 11.2 Å². The summed E-state index contributed by atoms with van der Waals surface area (Å²) < 4.78 is 0.769. The van der Waals surface area contributed by atoms with Crippen molar-refractivity contribution in [3.63, 3.8) is 0 Å². The summed E-state index contributed by atoms with van der Waals surface area (Å²) in [5.41, 5.74) is 1.50. The van der Waals surface area contributed by atoms with Crippen molar-refractivity contribution in [2.75, 3.05) is 0 Å². The SMILES string of the molecule is O=C(O)c1ccc2[nH]cc(Br)c2n1. The molecule has 0 aromatic carbocycles. The average Bonchev–Trinajstić information content (AvgIpc) is 2.47. The van der Waals surface area contributed by atoms with E-state index in [2.05, 4.69) is 25.9 Å². The zero-order chi connectivity index (χ0) is 9.42. The van der Waals surface area contributed by atoms with Crippen LogP contribution in [0.25, 0.3) is 11.0 Å². The lowest BCUT2D eigenvalue weighted by atomic mass is 10.3. The number of halogens is 1. The fourth-order valence-electron chi connectivity index (χ4n) is 1.09. The third-order valence-electron chi connectivity index (χ3n) is 1.69. The number of nitrogens with zero attached hydrogens (tertiary/aromatic N) is 1. The van der Waals surface area contributed by atoms with Gasteiger partial charge in [0.25, 0.3) is 0 Å². The summed E-state index contributed by atoms with van der Waals surface area (Å²) in [6, 6.07) is 3.16. The molecule has 66 valence electrons. The van der Waals surface area contributed by atoms with Gasteiger partial charge in [0.15, 0.2) is 0 Å². The Hall–Kier alpha value is -1.36. The van der Waals surface area contributed by atoms with Crippen molar-refractivity contribution >= 4 is 32.9 Å². The second-order valence-electron chi connectivity index (χ2n) is 2.53. The Bertz CT molecular complexity index is 478. The van der Waals surface area contributed by atoms with Crippen LogP contribution in [0, 0.1) is 0 Å². The van der Waals surface area contributed by atoms with Crippen LogP contribution in [0.1, 0.15) is 10.5 Å². The van der Waals surface area contributed by atoms with Crippen LogP contribution >= 0.6 is 15.9 Å². The van der Waals surface area contributed by atoms with Gasteiger partial charge in [0, 0.05) is 6.20 Å². The minimum Gasteiger partial charge on any atom is -0.477 e. The van der Waals surface area contributed by atoms with Gasteiger partial charge in [-0.15, -0.1) is 0 Å². The van der Waals surface area contributed by atoms with Gasteiger partial charge < -0.3 is 10.1 Å². The molecule has 0 radical (unpaired) electrons. The Kier molecular flexibility index (Phi) is 1.81. The van der Waals surface area contributed by atoms with E-state index in [1.54, 1.807) is 12.3 Å². The fraction of sp³-hybridized carbons (Fsp3) is 0. The molecular weight excluding hydrogens is 236 g/mol. The van der Waals surface area contributed by atoms with E-state index < -0.39 is 5.97 Å². The molecule has 2 heterocycles. The van der Waals surface area contributed by atoms with Crippen molar-refractivity contribution in [3.05, 3.63) is 28.5 Å². The number of nitrogens with one attached hydrogen (secondary N) is 1. The molecular formula is C8H5BrN2O2. The number of carboxylic acid groups (broad SMARTS) is 1. The molecule has 0 spiro atoms. The Labute approximate surface area is 81.7 Å². The second-order valence-corrected chi connectivity index (χ2v) is 3.39. The number of hydrogen-bond donors (Lipinski definition) is 2. The topological polar surface area (TPSA) is 66.0 Å². The molecule has 0 aliphatic carbocycles. The molecule has 0 unspecified atom stereocenters. The van der Waals surface area contributed by atoms with Crippen LogP contribution < -0.4 is 0 Å². The number of H-pyrrole nitrogens is 1. The summed E-state index contributed by atoms with van der Waals surface area (Å²) in [6.07, 6.45) is 1.73. The minimum absolute atomic E-state index is 0.0489. The second kappa shape index (κ2) is 2.85. The Morgan fingerprint density at radius 2 is 2.31 bits per heavy atom. The van der Waals surface area contributed by atoms with E-state index in [9.17, 15) is 4.79 Å². The lowest BCUT2D eigenvalue weighted by molar-refractivity contribution is 0.0691. The maximum absolute atomic E-state index is 10.6. The van der Waals surface area contributed by atoms with E-state index in [-0.39, 0.29) is 5.69 Å². The standard InChI is InChI=1S/C8H5BrN2O2/c9-4-3-10-5-1-2-6(8(12)13)11-7(4)5/h1-3,10H,(H,12,13). The summed E-state index contributed by atoms with van der Waals surface area (Å²) in [5, 5.41) is 8.68. The third kappa shape index (κ3) is 1.31. The van der Waals surface area contributed by atoms with Crippen molar-refractivity contribution in [2.24, 2.45) is 0 Å². The first kappa shape index (κ1) is 8.25. The van der Waals surface area contributed by atoms with Crippen LogP contribution in [0.4, 0.5) is 0 Å². The molecule has 13 heavy (non-hydrogen) atoms. The number of carboxylic acids is 1. The smallest absolute Gasteiger partial charge is 0.354 e. The van der Waals surface area contributed by atoms with Crippen LogP contribution in [0.5, 0.6) is 0 Å². The molecule has 0 saturated heterocycles. The normalized spacial score (nSPS) is 10.5. The van der Waals surface area contributed by atoms with Gasteiger partial charge in [0.2, 0.25) is 0 Å². The Morgan fingerprint density at radius 3 is 3.00 bits per heavy atom. The number of fused-ring (bicyclic) bond motifs is 1. The molecule has 0 aliphatic heterocycles. The Balaban J connectivity index is 2.72. The summed E-state index contributed by atoms with van der Waals surface area (Å²) >= 11 is 3.26. The highest BCUT2D eigenvalue weighted by Crippen LogP contribution is 2.21. The molecule has 4 nitrogen and oxygen atoms in total. The predicted molar refractivity (Wildman–Crippen MR) is 50.8 cm³/mol. The number of pyridine rings is 1. The summed E-state index contributed by atoms with van der Waals surface area (Å²) in [5.74, 6) is -1.02. The monoisotopic (exact) mass is 240 g/mol. The predicted octanol–water partition coefficient (Wildman–Crippen LogP) is 2.02. The molecule has 5 heteroatoms. The number of aromatic nitrogens is 2. The number of rotatable bonds is 1. The quantitative estimate of drug-likeness (QED) is 0.802. The van der Waals surface area contributed by atoms with E-state index >= 15 is 0 Å².